The molecule has 1 heterocycles. The largest absolute Gasteiger partial charge is 0.490 e. The highest BCUT2D eigenvalue weighted by atomic mass is 35.5. The average Bonchev–Trinajstić information content (AvgIpc) is 2.86. The third kappa shape index (κ3) is 6.21. The van der Waals surface area contributed by atoms with Crippen LogP contribution in [-0.2, 0) is 11.3 Å². The molecule has 0 unspecified atom stereocenters. The van der Waals surface area contributed by atoms with Gasteiger partial charge in [-0.15, -0.1) is 0 Å². The Bertz CT molecular complexity index is 1190. The first-order valence-corrected chi connectivity index (χ1v) is 12.1. The van der Waals surface area contributed by atoms with Crippen molar-refractivity contribution in [1.29, 1.82) is 0 Å². The van der Waals surface area contributed by atoms with E-state index in [-0.39, 0.29) is 37.4 Å². The van der Waals surface area contributed by atoms with Crippen molar-refractivity contribution in [3.05, 3.63) is 101 Å². The standard InChI is InChI=1S/C28H27ClF2N2O3/c1-32(17-19-6-3-2-4-7-19)26(34)16-20-18-33(28(35)27-23(30)8-5-9-24(27)31)15-14-25(20)36-22-12-10-21(29)11-13-22/h2-13,20,25H,14-18H2,1H3/t20-,25-/m0/s1. The number of piperidine rings is 1. The third-order valence-electron chi connectivity index (χ3n) is 6.35. The van der Waals surface area contributed by atoms with Gasteiger partial charge in [0.15, 0.2) is 0 Å². The van der Waals surface area contributed by atoms with Crippen LogP contribution in [0.1, 0.15) is 28.8 Å². The van der Waals surface area contributed by atoms with E-state index in [1.165, 1.54) is 11.0 Å². The molecular weight excluding hydrogens is 486 g/mol. The SMILES string of the molecule is CN(Cc1ccccc1)C(=O)C[C@H]1CN(C(=O)c2c(F)cccc2F)CC[C@@H]1Oc1ccc(Cl)cc1. The van der Waals surface area contributed by atoms with Gasteiger partial charge in [-0.25, -0.2) is 8.78 Å². The van der Waals surface area contributed by atoms with Crippen LogP contribution >= 0.6 is 11.6 Å². The molecule has 2 atom stereocenters. The first-order chi connectivity index (χ1) is 17.3. The summed E-state index contributed by atoms with van der Waals surface area (Å²) in [5.74, 6) is -2.44. The van der Waals surface area contributed by atoms with Crippen LogP contribution in [0.15, 0.2) is 72.8 Å². The van der Waals surface area contributed by atoms with Gasteiger partial charge in [-0.1, -0.05) is 48.0 Å². The lowest BCUT2D eigenvalue weighted by atomic mass is 9.90. The molecular formula is C28H27ClF2N2O3. The molecule has 1 saturated heterocycles. The molecule has 1 fully saturated rings. The van der Waals surface area contributed by atoms with Gasteiger partial charge < -0.3 is 14.5 Å². The van der Waals surface area contributed by atoms with Gasteiger partial charge in [0, 0.05) is 50.5 Å². The van der Waals surface area contributed by atoms with Gasteiger partial charge >= 0.3 is 0 Å². The summed E-state index contributed by atoms with van der Waals surface area (Å²) in [5.41, 5.74) is 0.415. The number of hydrogen-bond donors (Lipinski definition) is 0. The third-order valence-corrected chi connectivity index (χ3v) is 6.61. The first-order valence-electron chi connectivity index (χ1n) is 11.7. The summed E-state index contributed by atoms with van der Waals surface area (Å²) in [6, 6.07) is 19.9. The van der Waals surface area contributed by atoms with E-state index in [2.05, 4.69) is 0 Å². The Kier molecular flexibility index (Phi) is 8.21. The van der Waals surface area contributed by atoms with Crippen molar-refractivity contribution >= 4 is 23.4 Å². The summed E-state index contributed by atoms with van der Waals surface area (Å²) < 4.78 is 34.8. The van der Waals surface area contributed by atoms with Gasteiger partial charge in [0.1, 0.15) is 29.1 Å². The molecule has 36 heavy (non-hydrogen) atoms. The predicted octanol–water partition coefficient (Wildman–Crippen LogP) is 5.58. The number of benzene rings is 3. The zero-order valence-electron chi connectivity index (χ0n) is 19.9. The highest BCUT2D eigenvalue weighted by molar-refractivity contribution is 6.30. The molecule has 188 valence electrons. The van der Waals surface area contributed by atoms with Crippen LogP contribution in [0, 0.1) is 17.6 Å². The summed E-state index contributed by atoms with van der Waals surface area (Å²) in [5, 5.41) is 0.573. The molecule has 5 nitrogen and oxygen atoms in total. The van der Waals surface area contributed by atoms with E-state index in [9.17, 15) is 18.4 Å². The normalized spacial score (nSPS) is 17.5. The zero-order valence-corrected chi connectivity index (χ0v) is 20.6. The van der Waals surface area contributed by atoms with E-state index in [0.29, 0.717) is 23.7 Å². The van der Waals surface area contributed by atoms with Gasteiger partial charge in [0.25, 0.3) is 5.91 Å². The van der Waals surface area contributed by atoms with Gasteiger partial charge in [-0.2, -0.15) is 0 Å². The predicted molar refractivity (Wildman–Crippen MR) is 134 cm³/mol. The van der Waals surface area contributed by atoms with Crippen LogP contribution in [0.5, 0.6) is 5.75 Å². The molecule has 3 aromatic carbocycles. The van der Waals surface area contributed by atoms with E-state index in [1.807, 2.05) is 30.3 Å². The fourth-order valence-electron chi connectivity index (χ4n) is 4.42. The highest BCUT2D eigenvalue weighted by Gasteiger charge is 2.36. The number of amides is 2. The highest BCUT2D eigenvalue weighted by Crippen LogP contribution is 2.29. The Morgan fingerprint density at radius 3 is 2.33 bits per heavy atom. The van der Waals surface area contributed by atoms with Gasteiger partial charge in [0.2, 0.25) is 5.91 Å². The summed E-state index contributed by atoms with van der Waals surface area (Å²) in [6.07, 6.45) is 0.158. The van der Waals surface area contributed by atoms with Crippen molar-refractivity contribution in [2.75, 3.05) is 20.1 Å². The van der Waals surface area contributed by atoms with E-state index < -0.39 is 23.1 Å². The van der Waals surface area contributed by atoms with Crippen LogP contribution in [-0.4, -0.2) is 47.9 Å². The molecule has 1 aliphatic heterocycles. The van der Waals surface area contributed by atoms with Crippen molar-refractivity contribution < 1.29 is 23.1 Å². The fraction of sp³-hybridized carbons (Fsp3) is 0.286. The van der Waals surface area contributed by atoms with Crippen molar-refractivity contribution in [3.8, 4) is 5.75 Å². The second kappa shape index (κ2) is 11.5. The first kappa shape index (κ1) is 25.6. The Balaban J connectivity index is 1.51. The number of rotatable bonds is 7. The van der Waals surface area contributed by atoms with Crippen LogP contribution in [0.25, 0.3) is 0 Å². The van der Waals surface area contributed by atoms with E-state index in [0.717, 1.165) is 17.7 Å². The van der Waals surface area contributed by atoms with Crippen molar-refractivity contribution in [1.82, 2.24) is 9.80 Å². The lowest BCUT2D eigenvalue weighted by Gasteiger charge is -2.39. The summed E-state index contributed by atoms with van der Waals surface area (Å²) in [6.45, 7) is 0.823. The Morgan fingerprint density at radius 2 is 1.67 bits per heavy atom. The lowest BCUT2D eigenvalue weighted by Crippen LogP contribution is -2.49. The van der Waals surface area contributed by atoms with Crippen LogP contribution in [0.4, 0.5) is 8.78 Å². The Labute approximate surface area is 214 Å². The molecule has 4 rings (SSSR count). The van der Waals surface area contributed by atoms with Crippen LogP contribution < -0.4 is 4.74 Å². The number of halogens is 3. The van der Waals surface area contributed by atoms with Crippen LogP contribution in [0.3, 0.4) is 0 Å². The molecule has 0 saturated carbocycles. The minimum Gasteiger partial charge on any atom is -0.490 e. The number of carbonyl (C=O) groups is 2. The Hall–Kier alpha value is -3.45. The molecule has 0 aliphatic carbocycles. The molecule has 8 heteroatoms. The number of hydrogen-bond acceptors (Lipinski definition) is 3. The molecule has 0 bridgehead atoms. The Morgan fingerprint density at radius 1 is 1.00 bits per heavy atom. The van der Waals surface area contributed by atoms with Crippen molar-refractivity contribution in [2.45, 2.75) is 25.5 Å². The number of ether oxygens (including phenoxy) is 1. The molecule has 0 radical (unpaired) electrons. The summed E-state index contributed by atoms with van der Waals surface area (Å²) in [7, 11) is 1.73. The number of likely N-dealkylation sites (tertiary alicyclic amines) is 1. The van der Waals surface area contributed by atoms with Crippen LogP contribution in [0.2, 0.25) is 5.02 Å². The maximum absolute atomic E-state index is 14.3. The van der Waals surface area contributed by atoms with E-state index in [4.69, 9.17) is 16.3 Å². The monoisotopic (exact) mass is 512 g/mol. The van der Waals surface area contributed by atoms with E-state index in [1.54, 1.807) is 36.2 Å². The second-order valence-corrected chi connectivity index (χ2v) is 9.38. The molecule has 3 aromatic rings. The molecule has 2 amide bonds. The zero-order chi connectivity index (χ0) is 25.7. The molecule has 0 N–H and O–H groups in total. The lowest BCUT2D eigenvalue weighted by molar-refractivity contribution is -0.133. The molecule has 1 aliphatic rings. The van der Waals surface area contributed by atoms with Gasteiger partial charge in [-0.05, 0) is 42.0 Å². The van der Waals surface area contributed by atoms with Crippen molar-refractivity contribution in [2.24, 2.45) is 5.92 Å². The van der Waals surface area contributed by atoms with E-state index >= 15 is 0 Å². The fourth-order valence-corrected chi connectivity index (χ4v) is 4.55. The van der Waals surface area contributed by atoms with Gasteiger partial charge in [0.05, 0.1) is 0 Å². The quantitative estimate of drug-likeness (QED) is 0.415. The maximum atomic E-state index is 14.3. The molecule has 0 spiro atoms. The summed E-state index contributed by atoms with van der Waals surface area (Å²) >= 11 is 5.98. The topological polar surface area (TPSA) is 49.9 Å². The summed E-state index contributed by atoms with van der Waals surface area (Å²) in [4.78, 5) is 29.2. The average molecular weight is 513 g/mol. The van der Waals surface area contributed by atoms with Gasteiger partial charge in [-0.3, -0.25) is 9.59 Å². The number of nitrogens with zero attached hydrogens (tertiary/aromatic N) is 2. The number of carbonyl (C=O) groups excluding carboxylic acids is 2. The minimum absolute atomic E-state index is 0.111. The minimum atomic E-state index is -0.908. The second-order valence-electron chi connectivity index (χ2n) is 8.95. The van der Waals surface area contributed by atoms with Crippen molar-refractivity contribution in [3.63, 3.8) is 0 Å². The maximum Gasteiger partial charge on any atom is 0.259 e. The molecule has 0 aromatic heterocycles. The smallest absolute Gasteiger partial charge is 0.259 e.